The van der Waals surface area contributed by atoms with Gasteiger partial charge in [0.25, 0.3) is 0 Å². The number of likely N-dealkylation sites (N-methyl/N-ethyl adjacent to an activating group) is 1. The summed E-state index contributed by atoms with van der Waals surface area (Å²) in [5.41, 5.74) is 2.45. The van der Waals surface area contributed by atoms with Gasteiger partial charge in [0.2, 0.25) is 15.9 Å². The van der Waals surface area contributed by atoms with E-state index in [9.17, 15) is 13.2 Å². The molecule has 1 aromatic heterocycles. The van der Waals surface area contributed by atoms with E-state index in [2.05, 4.69) is 34.3 Å². The van der Waals surface area contributed by atoms with Crippen molar-refractivity contribution < 1.29 is 13.2 Å². The fraction of sp³-hybridized carbons (Fsp3) is 0.429. The zero-order chi connectivity index (χ0) is 21.6. The Morgan fingerprint density at radius 3 is 2.53 bits per heavy atom. The number of pyridine rings is 1. The lowest BCUT2D eigenvalue weighted by Crippen LogP contribution is -2.47. The molecule has 30 heavy (non-hydrogen) atoms. The summed E-state index contributed by atoms with van der Waals surface area (Å²) in [6, 6.07) is 11.4. The molecule has 1 saturated heterocycles. The van der Waals surface area contributed by atoms with E-state index in [1.165, 1.54) is 33.4 Å². The molecular formula is C21H28N4O3S2. The maximum absolute atomic E-state index is 12.7. The molecule has 0 aliphatic carbocycles. The summed E-state index contributed by atoms with van der Waals surface area (Å²) >= 11 is 1.29. The molecule has 7 nitrogen and oxygen atoms in total. The standard InChI is InChI=1S/C21H28N4O3S2/c1-17-5-3-4-6-18(17)9-10-22-20(26)16-29-21-8-7-19(15-23-21)30(27,28)25-13-11-24(2)12-14-25/h3-8,15H,9-14,16H2,1-2H3,(H,22,26). The first-order valence-electron chi connectivity index (χ1n) is 9.95. The maximum atomic E-state index is 12.7. The average molecular weight is 449 g/mol. The zero-order valence-corrected chi connectivity index (χ0v) is 19.0. The predicted octanol–water partition coefficient (Wildman–Crippen LogP) is 1.78. The second-order valence-electron chi connectivity index (χ2n) is 7.35. The third kappa shape index (κ3) is 6.04. The number of aryl methyl sites for hydroxylation is 1. The summed E-state index contributed by atoms with van der Waals surface area (Å²) in [7, 11) is -1.54. The first-order chi connectivity index (χ1) is 14.4. The molecule has 0 atom stereocenters. The Balaban J connectivity index is 1.46. The Kier molecular flexibility index (Phi) is 7.87. The van der Waals surface area contributed by atoms with Gasteiger partial charge in [-0.3, -0.25) is 4.79 Å². The lowest BCUT2D eigenvalue weighted by atomic mass is 10.1. The summed E-state index contributed by atoms with van der Waals surface area (Å²) in [6.45, 7) is 5.06. The average Bonchev–Trinajstić information content (AvgIpc) is 2.74. The summed E-state index contributed by atoms with van der Waals surface area (Å²) < 4.78 is 27.0. The van der Waals surface area contributed by atoms with Crippen LogP contribution in [0.15, 0.2) is 52.5 Å². The first kappa shape index (κ1) is 22.7. The summed E-state index contributed by atoms with van der Waals surface area (Å²) in [5.74, 6) is 0.176. The Hall–Kier alpha value is -1.94. The van der Waals surface area contributed by atoms with Crippen molar-refractivity contribution in [2.24, 2.45) is 0 Å². The lowest BCUT2D eigenvalue weighted by molar-refractivity contribution is -0.118. The largest absolute Gasteiger partial charge is 0.355 e. The topological polar surface area (TPSA) is 82.6 Å². The SMILES string of the molecule is Cc1ccccc1CCNC(=O)CSc1ccc(S(=O)(=O)N2CCN(C)CC2)cn1. The highest BCUT2D eigenvalue weighted by Crippen LogP contribution is 2.20. The number of nitrogens with zero attached hydrogens (tertiary/aromatic N) is 3. The van der Waals surface area contributed by atoms with Gasteiger partial charge in [0.05, 0.1) is 10.8 Å². The number of thioether (sulfide) groups is 1. The molecule has 2 heterocycles. The highest BCUT2D eigenvalue weighted by Gasteiger charge is 2.27. The van der Waals surface area contributed by atoms with Crippen molar-refractivity contribution in [3.05, 3.63) is 53.7 Å². The first-order valence-corrected chi connectivity index (χ1v) is 12.4. The Morgan fingerprint density at radius 1 is 1.13 bits per heavy atom. The van der Waals surface area contributed by atoms with Crippen molar-refractivity contribution in [1.29, 1.82) is 0 Å². The quantitative estimate of drug-likeness (QED) is 0.620. The normalized spacial score (nSPS) is 15.8. The number of nitrogens with one attached hydrogen (secondary N) is 1. The molecule has 162 valence electrons. The number of aromatic nitrogens is 1. The van der Waals surface area contributed by atoms with Crippen LogP contribution in [0.5, 0.6) is 0 Å². The van der Waals surface area contributed by atoms with E-state index in [1.807, 2.05) is 19.2 Å². The second-order valence-corrected chi connectivity index (χ2v) is 10.3. The summed E-state index contributed by atoms with van der Waals surface area (Å²) in [5, 5.41) is 3.54. The molecule has 0 bridgehead atoms. The Morgan fingerprint density at radius 2 is 1.87 bits per heavy atom. The molecular weight excluding hydrogens is 420 g/mol. The minimum Gasteiger partial charge on any atom is -0.355 e. The number of hydrogen-bond donors (Lipinski definition) is 1. The number of carbonyl (C=O) groups excluding carboxylic acids is 1. The third-order valence-corrected chi connectivity index (χ3v) is 7.96. The number of sulfonamides is 1. The van der Waals surface area contributed by atoms with Crippen molar-refractivity contribution >= 4 is 27.7 Å². The van der Waals surface area contributed by atoms with Gasteiger partial charge in [-0.2, -0.15) is 4.31 Å². The van der Waals surface area contributed by atoms with Gasteiger partial charge < -0.3 is 10.2 Å². The number of piperazine rings is 1. The van der Waals surface area contributed by atoms with Gasteiger partial charge in [0.1, 0.15) is 4.90 Å². The van der Waals surface area contributed by atoms with Crippen LogP contribution in [0.3, 0.4) is 0 Å². The highest BCUT2D eigenvalue weighted by atomic mass is 32.2. The van der Waals surface area contributed by atoms with Crippen LogP contribution in [-0.4, -0.2) is 74.0 Å². The Bertz CT molecular complexity index is 956. The molecule has 0 spiro atoms. The molecule has 1 N–H and O–H groups in total. The minimum absolute atomic E-state index is 0.0653. The molecule has 1 aliphatic rings. The number of amides is 1. The number of benzene rings is 1. The van der Waals surface area contributed by atoms with E-state index < -0.39 is 10.0 Å². The molecule has 2 aromatic rings. The summed E-state index contributed by atoms with van der Waals surface area (Å²) in [6.07, 6.45) is 2.17. The van der Waals surface area contributed by atoms with Crippen LogP contribution in [0, 0.1) is 6.92 Å². The van der Waals surface area contributed by atoms with Gasteiger partial charge in [0.15, 0.2) is 0 Å². The van der Waals surface area contributed by atoms with Crippen molar-refractivity contribution in [2.45, 2.75) is 23.3 Å². The van der Waals surface area contributed by atoms with Crippen LogP contribution in [-0.2, 0) is 21.2 Å². The van der Waals surface area contributed by atoms with Crippen molar-refractivity contribution in [2.75, 3.05) is 45.5 Å². The van der Waals surface area contributed by atoms with E-state index in [1.54, 1.807) is 12.1 Å². The molecule has 1 aromatic carbocycles. The van der Waals surface area contributed by atoms with Crippen molar-refractivity contribution in [1.82, 2.24) is 19.5 Å². The van der Waals surface area contributed by atoms with Crippen LogP contribution < -0.4 is 5.32 Å². The van der Waals surface area contributed by atoms with Gasteiger partial charge >= 0.3 is 0 Å². The van der Waals surface area contributed by atoms with Gasteiger partial charge in [-0.05, 0) is 43.7 Å². The predicted molar refractivity (Wildman–Crippen MR) is 119 cm³/mol. The lowest BCUT2D eigenvalue weighted by Gasteiger charge is -2.31. The molecule has 1 aliphatic heterocycles. The van der Waals surface area contributed by atoms with E-state index in [0.717, 1.165) is 19.5 Å². The number of rotatable bonds is 8. The van der Waals surface area contributed by atoms with Crippen LogP contribution in [0.4, 0.5) is 0 Å². The van der Waals surface area contributed by atoms with Gasteiger partial charge in [-0.1, -0.05) is 36.0 Å². The van der Waals surface area contributed by atoms with E-state index in [-0.39, 0.29) is 16.6 Å². The van der Waals surface area contributed by atoms with Crippen LogP contribution in [0.25, 0.3) is 0 Å². The third-order valence-electron chi connectivity index (χ3n) is 5.14. The zero-order valence-electron chi connectivity index (χ0n) is 17.4. The number of carbonyl (C=O) groups is 1. The van der Waals surface area contributed by atoms with Gasteiger partial charge in [-0.25, -0.2) is 13.4 Å². The highest BCUT2D eigenvalue weighted by molar-refractivity contribution is 7.99. The monoisotopic (exact) mass is 448 g/mol. The molecule has 0 unspecified atom stereocenters. The van der Waals surface area contributed by atoms with E-state index in [0.29, 0.717) is 24.7 Å². The van der Waals surface area contributed by atoms with Crippen molar-refractivity contribution in [3.63, 3.8) is 0 Å². The molecule has 1 fully saturated rings. The van der Waals surface area contributed by atoms with Crippen LogP contribution in [0.2, 0.25) is 0 Å². The van der Waals surface area contributed by atoms with Crippen LogP contribution in [0.1, 0.15) is 11.1 Å². The fourth-order valence-electron chi connectivity index (χ4n) is 3.20. The van der Waals surface area contributed by atoms with Gasteiger partial charge in [0, 0.05) is 38.9 Å². The minimum atomic E-state index is -3.52. The van der Waals surface area contributed by atoms with Crippen LogP contribution >= 0.6 is 11.8 Å². The Labute approximate surface area is 182 Å². The maximum Gasteiger partial charge on any atom is 0.244 e. The molecule has 9 heteroatoms. The fourth-order valence-corrected chi connectivity index (χ4v) is 5.24. The second kappa shape index (κ2) is 10.4. The summed E-state index contributed by atoms with van der Waals surface area (Å²) in [4.78, 5) is 18.6. The van der Waals surface area contributed by atoms with Crippen molar-refractivity contribution in [3.8, 4) is 0 Å². The van der Waals surface area contributed by atoms with E-state index >= 15 is 0 Å². The molecule has 0 radical (unpaired) electrons. The van der Waals surface area contributed by atoms with E-state index in [4.69, 9.17) is 0 Å². The van der Waals surface area contributed by atoms with Gasteiger partial charge in [-0.15, -0.1) is 0 Å². The number of hydrogen-bond acceptors (Lipinski definition) is 6. The molecule has 1 amide bonds. The smallest absolute Gasteiger partial charge is 0.244 e. The molecule has 0 saturated carbocycles. The molecule has 3 rings (SSSR count).